The number of unbranched alkanes of at least 4 members (excludes halogenated alkanes) is 30. The molecule has 2 unspecified atom stereocenters. The molecule has 0 aromatic rings. The van der Waals surface area contributed by atoms with E-state index in [9.17, 15) is 24.9 Å². The van der Waals surface area contributed by atoms with Crippen LogP contribution >= 0.6 is 0 Å². The predicted octanol–water partition coefficient (Wildman–Crippen LogP) is 11.5. The molecule has 0 radical (unpaired) electrons. The van der Waals surface area contributed by atoms with Gasteiger partial charge in [0.1, 0.15) is 0 Å². The Hall–Kier alpha value is -0.780. The van der Waals surface area contributed by atoms with Crippen LogP contribution in [0.2, 0.25) is 0 Å². The fourth-order valence-corrected chi connectivity index (χ4v) is 6.63. The second-order valence-electron chi connectivity index (χ2n) is 14.5. The third kappa shape index (κ3) is 26.2. The van der Waals surface area contributed by atoms with Crippen molar-refractivity contribution in [1.29, 1.82) is 0 Å². The van der Waals surface area contributed by atoms with Gasteiger partial charge in [0, 0.05) is 12.8 Å². The lowest BCUT2D eigenvalue weighted by Gasteiger charge is -2.29. The van der Waals surface area contributed by atoms with Crippen molar-refractivity contribution in [1.82, 2.24) is 0 Å². The predicted molar refractivity (Wildman–Crippen MR) is 196 cm³/mol. The number of carbonyl (C=O) groups is 2. The Bertz CT molecular complexity index is 665. The first-order chi connectivity index (χ1) is 22.4. The molecule has 0 aliphatic heterocycles. The van der Waals surface area contributed by atoms with Crippen molar-refractivity contribution in [2.24, 2.45) is 0 Å². The summed E-state index contributed by atoms with van der Waals surface area (Å²) in [6, 6.07) is 0. The molecule has 0 fully saturated rings. The van der Waals surface area contributed by atoms with Crippen molar-refractivity contribution < 1.29 is 24.9 Å². The Labute approximate surface area is 286 Å². The zero-order chi connectivity index (χ0) is 34.0. The second kappa shape index (κ2) is 34.1. The van der Waals surface area contributed by atoms with Crippen molar-refractivity contribution in [3.8, 4) is 0 Å². The second-order valence-corrected chi connectivity index (χ2v) is 14.5. The minimum Gasteiger partial charge on any atom is -0.393 e. The number of rotatable bonds is 38. The number of ketones is 2. The molecule has 5 nitrogen and oxygen atoms in total. The standard InChI is InChI=1S/C41H80O5/c1-3-5-7-9-11-13-15-17-18-19-20-21-22-24-26-28-30-32-34-36-39(44)41(46,37-42)40(45)38(43)35-33-31-29-27-25-23-16-14-12-10-8-6-4-2/h40,42,45-46H,3-37H2,1-2H3. The monoisotopic (exact) mass is 653 g/mol. The average molecular weight is 653 g/mol. The van der Waals surface area contributed by atoms with E-state index < -0.39 is 29.9 Å². The highest BCUT2D eigenvalue weighted by atomic mass is 16.4. The lowest BCUT2D eigenvalue weighted by atomic mass is 9.85. The fraction of sp³-hybridized carbons (Fsp3) is 0.951. The summed E-state index contributed by atoms with van der Waals surface area (Å²) in [7, 11) is 0. The van der Waals surface area contributed by atoms with E-state index in [4.69, 9.17) is 0 Å². The number of hydrogen-bond donors (Lipinski definition) is 3. The van der Waals surface area contributed by atoms with Gasteiger partial charge in [0.05, 0.1) is 6.61 Å². The van der Waals surface area contributed by atoms with E-state index in [1.807, 2.05) is 0 Å². The number of carbonyl (C=O) groups excluding carboxylic acids is 2. The molecule has 0 amide bonds. The summed E-state index contributed by atoms with van der Waals surface area (Å²) >= 11 is 0. The largest absolute Gasteiger partial charge is 0.393 e. The maximum atomic E-state index is 12.7. The molecule has 0 spiro atoms. The Morgan fingerprint density at radius 3 is 0.935 bits per heavy atom. The SMILES string of the molecule is CCCCCCCCCCCCCCCCCCCCCC(=O)C(O)(CO)C(O)C(=O)CCCCCCCCCCCCCCC. The number of aliphatic hydroxyl groups excluding tert-OH is 2. The van der Waals surface area contributed by atoms with Crippen LogP contribution in [-0.4, -0.2) is 45.2 Å². The Balaban J connectivity index is 3.74. The van der Waals surface area contributed by atoms with Crippen molar-refractivity contribution in [2.45, 2.75) is 244 Å². The minimum absolute atomic E-state index is 0.0823. The number of aliphatic hydroxyl groups is 3. The van der Waals surface area contributed by atoms with Gasteiger partial charge in [-0.1, -0.05) is 206 Å². The van der Waals surface area contributed by atoms with Gasteiger partial charge in [-0.25, -0.2) is 0 Å². The van der Waals surface area contributed by atoms with Gasteiger partial charge >= 0.3 is 0 Å². The lowest BCUT2D eigenvalue weighted by molar-refractivity contribution is -0.165. The van der Waals surface area contributed by atoms with Crippen LogP contribution in [0.1, 0.15) is 232 Å². The normalized spacial score (nSPS) is 13.6. The maximum Gasteiger partial charge on any atom is 0.178 e. The first-order valence-electron chi connectivity index (χ1n) is 20.5. The van der Waals surface area contributed by atoms with E-state index in [0.717, 1.165) is 38.5 Å². The van der Waals surface area contributed by atoms with Gasteiger partial charge in [0.25, 0.3) is 0 Å². The molecule has 0 aliphatic carbocycles. The molecule has 0 bridgehead atoms. The summed E-state index contributed by atoms with van der Waals surface area (Å²) in [5.74, 6) is -1.16. The lowest BCUT2D eigenvalue weighted by Crippen LogP contribution is -2.55. The van der Waals surface area contributed by atoms with Gasteiger partial charge < -0.3 is 15.3 Å². The van der Waals surface area contributed by atoms with Crippen LogP contribution in [0.4, 0.5) is 0 Å². The first-order valence-corrected chi connectivity index (χ1v) is 20.5. The summed E-state index contributed by atoms with van der Waals surface area (Å²) in [6.07, 6.45) is 38.2. The molecule has 0 heterocycles. The van der Waals surface area contributed by atoms with Gasteiger partial charge in [-0.15, -0.1) is 0 Å². The third-order valence-electron chi connectivity index (χ3n) is 10.0. The maximum absolute atomic E-state index is 12.7. The van der Waals surface area contributed by atoms with Crippen LogP contribution in [0.25, 0.3) is 0 Å². The van der Waals surface area contributed by atoms with Crippen LogP contribution < -0.4 is 0 Å². The third-order valence-corrected chi connectivity index (χ3v) is 10.0. The van der Waals surface area contributed by atoms with Crippen LogP contribution in [0, 0.1) is 0 Å². The Morgan fingerprint density at radius 2 is 0.674 bits per heavy atom. The highest BCUT2D eigenvalue weighted by molar-refractivity contribution is 5.96. The highest BCUT2D eigenvalue weighted by Gasteiger charge is 2.45. The highest BCUT2D eigenvalue weighted by Crippen LogP contribution is 2.21. The molecule has 0 aromatic carbocycles. The van der Waals surface area contributed by atoms with E-state index in [-0.39, 0.29) is 12.8 Å². The van der Waals surface area contributed by atoms with Crippen LogP contribution in [0.15, 0.2) is 0 Å². The zero-order valence-electron chi connectivity index (χ0n) is 31.0. The van der Waals surface area contributed by atoms with Gasteiger partial charge in [-0.05, 0) is 12.8 Å². The van der Waals surface area contributed by atoms with Gasteiger partial charge in [-0.3, -0.25) is 9.59 Å². The Morgan fingerprint density at radius 1 is 0.435 bits per heavy atom. The smallest absolute Gasteiger partial charge is 0.178 e. The molecule has 0 saturated heterocycles. The van der Waals surface area contributed by atoms with E-state index >= 15 is 0 Å². The molecule has 46 heavy (non-hydrogen) atoms. The molecule has 0 aliphatic rings. The topological polar surface area (TPSA) is 94.8 Å². The van der Waals surface area contributed by atoms with E-state index in [2.05, 4.69) is 13.8 Å². The van der Waals surface area contributed by atoms with Gasteiger partial charge in [-0.2, -0.15) is 0 Å². The quantitative estimate of drug-likeness (QED) is 0.0577. The van der Waals surface area contributed by atoms with E-state index in [1.165, 1.54) is 154 Å². The summed E-state index contributed by atoms with van der Waals surface area (Å²) in [5, 5.41) is 30.9. The van der Waals surface area contributed by atoms with Crippen molar-refractivity contribution in [3.63, 3.8) is 0 Å². The first kappa shape index (κ1) is 45.2. The average Bonchev–Trinajstić information content (AvgIpc) is 3.06. The molecule has 5 heteroatoms. The molecule has 0 rings (SSSR count). The summed E-state index contributed by atoms with van der Waals surface area (Å²) < 4.78 is 0. The molecular weight excluding hydrogens is 572 g/mol. The van der Waals surface area contributed by atoms with Crippen molar-refractivity contribution in [3.05, 3.63) is 0 Å². The molecule has 3 N–H and O–H groups in total. The van der Waals surface area contributed by atoms with Crippen molar-refractivity contribution in [2.75, 3.05) is 6.61 Å². The summed E-state index contributed by atoms with van der Waals surface area (Å²) in [5.41, 5.74) is -2.37. The van der Waals surface area contributed by atoms with Crippen LogP contribution in [0.3, 0.4) is 0 Å². The molecule has 274 valence electrons. The van der Waals surface area contributed by atoms with E-state index in [0.29, 0.717) is 12.8 Å². The van der Waals surface area contributed by atoms with Crippen LogP contribution in [-0.2, 0) is 9.59 Å². The Kier molecular flexibility index (Phi) is 33.5. The molecule has 0 saturated carbocycles. The number of Topliss-reactive ketones (excluding diaryl/α,β-unsaturated/α-hetero) is 2. The van der Waals surface area contributed by atoms with E-state index in [1.54, 1.807) is 0 Å². The van der Waals surface area contributed by atoms with Gasteiger partial charge in [0.15, 0.2) is 23.3 Å². The molecule has 0 aromatic heterocycles. The van der Waals surface area contributed by atoms with Crippen LogP contribution in [0.5, 0.6) is 0 Å². The zero-order valence-corrected chi connectivity index (χ0v) is 31.0. The number of hydrogen-bond acceptors (Lipinski definition) is 5. The molecule has 2 atom stereocenters. The summed E-state index contributed by atoms with van der Waals surface area (Å²) in [6.45, 7) is 3.60. The fourth-order valence-electron chi connectivity index (χ4n) is 6.63. The minimum atomic E-state index is -2.37. The molecular formula is C41H80O5. The van der Waals surface area contributed by atoms with Crippen molar-refractivity contribution >= 4 is 11.6 Å². The summed E-state index contributed by atoms with van der Waals surface area (Å²) in [4.78, 5) is 25.2. The van der Waals surface area contributed by atoms with Gasteiger partial charge in [0.2, 0.25) is 0 Å².